The monoisotopic (exact) mass is 406 g/mol. The third-order valence-corrected chi connectivity index (χ3v) is 10.7. The van der Waals surface area contributed by atoms with Crippen molar-refractivity contribution < 1.29 is 9.16 Å². The molecule has 0 radical (unpaired) electrons. The topological polar surface area (TPSA) is 18.5 Å². The van der Waals surface area contributed by atoms with Crippen LogP contribution in [0, 0.1) is 0 Å². The smallest absolute Gasteiger partial charge is 0.250 e. The molecule has 2 aromatic carbocycles. The van der Waals surface area contributed by atoms with Crippen LogP contribution in [0.3, 0.4) is 0 Å². The first-order valence-electron chi connectivity index (χ1n) is 10.5. The zero-order valence-corrected chi connectivity index (χ0v) is 19.6. The summed E-state index contributed by atoms with van der Waals surface area (Å²) >= 11 is 0. The fourth-order valence-electron chi connectivity index (χ4n) is 3.55. The molecule has 3 rings (SSSR count). The molecule has 0 saturated carbocycles. The molecule has 0 N–H and O–H groups in total. The molecule has 2 atom stereocenters. The minimum atomic E-state index is -1.94. The van der Waals surface area contributed by atoms with Gasteiger partial charge >= 0.3 is 0 Å². The van der Waals surface area contributed by atoms with Gasteiger partial charge in [0.25, 0.3) is 0 Å². The molecule has 3 heteroatoms. The van der Waals surface area contributed by atoms with Crippen molar-refractivity contribution in [1.82, 2.24) is 0 Å². The Morgan fingerprint density at radius 3 is 1.62 bits per heavy atom. The van der Waals surface area contributed by atoms with E-state index in [0.717, 1.165) is 11.5 Å². The van der Waals surface area contributed by atoms with E-state index in [2.05, 4.69) is 107 Å². The van der Waals surface area contributed by atoms with Crippen LogP contribution in [0.4, 0.5) is 0 Å². The molecule has 0 heterocycles. The highest BCUT2D eigenvalue weighted by Gasteiger charge is 2.40. The Kier molecular flexibility index (Phi) is 6.38. The van der Waals surface area contributed by atoms with Crippen LogP contribution in [0.5, 0.6) is 0 Å². The molecule has 0 aromatic heterocycles. The maximum absolute atomic E-state index is 6.77. The lowest BCUT2D eigenvalue weighted by Gasteiger charge is -2.37. The Morgan fingerprint density at radius 2 is 1.21 bits per heavy atom. The van der Waals surface area contributed by atoms with Crippen LogP contribution in [0.1, 0.15) is 50.2 Å². The molecule has 1 aliphatic carbocycles. The molecular weight excluding hydrogens is 372 g/mol. The van der Waals surface area contributed by atoms with Crippen molar-refractivity contribution in [2.75, 3.05) is 7.11 Å². The van der Waals surface area contributed by atoms with Crippen LogP contribution in [-0.4, -0.2) is 15.4 Å². The molecule has 1 aliphatic rings. The molecule has 154 valence electrons. The van der Waals surface area contributed by atoms with Gasteiger partial charge < -0.3 is 9.16 Å². The predicted molar refractivity (Wildman–Crippen MR) is 124 cm³/mol. The minimum Gasteiger partial charge on any atom is -0.546 e. The lowest BCUT2D eigenvalue weighted by Crippen LogP contribution is -2.40. The second-order valence-electron chi connectivity index (χ2n) is 9.38. The second-order valence-corrected chi connectivity index (χ2v) is 14.1. The summed E-state index contributed by atoms with van der Waals surface area (Å²) in [6, 6.07) is 21.4. The highest BCUT2D eigenvalue weighted by atomic mass is 28.4. The highest BCUT2D eigenvalue weighted by Crippen LogP contribution is 2.43. The van der Waals surface area contributed by atoms with Crippen molar-refractivity contribution in [2.24, 2.45) is 0 Å². The Balaban J connectivity index is 2.09. The standard InChI is InChI=1S/C26H34O2Si/c1-26(2,3)29(5,6)28-23-17-22(27-4)18-24(20-13-9-7-10-14-20)25(19-23)21-15-11-8-12-16-21/h7-16,18-19,24-25H,17H2,1-6H3/t24-,25+/m1/s1. The van der Waals surface area contributed by atoms with Crippen molar-refractivity contribution in [3.05, 3.63) is 95.5 Å². The van der Waals surface area contributed by atoms with Gasteiger partial charge in [-0.3, -0.25) is 0 Å². The first kappa shape index (κ1) is 21.4. The molecule has 29 heavy (non-hydrogen) atoms. The number of hydrogen-bond acceptors (Lipinski definition) is 2. The SMILES string of the molecule is COC1=C[C@H](c2ccccc2)[C@H](c2ccccc2)C=C(O[Si](C)(C)C(C)(C)C)C1. The zero-order chi connectivity index (χ0) is 21.1. The minimum absolute atomic E-state index is 0.151. The Morgan fingerprint density at radius 1 is 0.759 bits per heavy atom. The Bertz CT molecular complexity index is 861. The van der Waals surface area contributed by atoms with Crippen molar-refractivity contribution in [3.63, 3.8) is 0 Å². The Labute approximate surface area is 177 Å². The van der Waals surface area contributed by atoms with Gasteiger partial charge in [0.05, 0.1) is 25.0 Å². The fraction of sp³-hybridized carbons (Fsp3) is 0.385. The molecule has 2 nitrogen and oxygen atoms in total. The van der Waals surface area contributed by atoms with Gasteiger partial charge in [-0.1, -0.05) is 81.4 Å². The molecule has 0 saturated heterocycles. The van der Waals surface area contributed by atoms with Gasteiger partial charge in [0.1, 0.15) is 0 Å². The van der Waals surface area contributed by atoms with Crippen LogP contribution in [0.2, 0.25) is 18.1 Å². The van der Waals surface area contributed by atoms with Crippen molar-refractivity contribution in [2.45, 2.75) is 57.2 Å². The lowest BCUT2D eigenvalue weighted by molar-refractivity contribution is 0.265. The van der Waals surface area contributed by atoms with E-state index in [-0.39, 0.29) is 16.9 Å². The van der Waals surface area contributed by atoms with Crippen LogP contribution < -0.4 is 0 Å². The van der Waals surface area contributed by atoms with E-state index in [0.29, 0.717) is 6.42 Å². The van der Waals surface area contributed by atoms with Crippen molar-refractivity contribution in [3.8, 4) is 0 Å². The highest BCUT2D eigenvalue weighted by molar-refractivity contribution is 6.74. The summed E-state index contributed by atoms with van der Waals surface area (Å²) in [7, 11) is -0.175. The normalized spacial score (nSPS) is 20.3. The molecular formula is C26H34O2Si. The zero-order valence-electron chi connectivity index (χ0n) is 18.6. The molecule has 0 fully saturated rings. The van der Waals surface area contributed by atoms with Crippen molar-refractivity contribution in [1.29, 1.82) is 0 Å². The van der Waals surface area contributed by atoms with E-state index in [1.54, 1.807) is 7.11 Å². The maximum atomic E-state index is 6.77. The van der Waals surface area contributed by atoms with Crippen LogP contribution >= 0.6 is 0 Å². The Hall–Kier alpha value is -2.26. The summed E-state index contributed by atoms with van der Waals surface area (Å²) in [5.74, 6) is 2.42. The molecule has 0 bridgehead atoms. The van der Waals surface area contributed by atoms with Crippen LogP contribution in [0.25, 0.3) is 0 Å². The van der Waals surface area contributed by atoms with Gasteiger partial charge in [0, 0.05) is 11.8 Å². The summed E-state index contributed by atoms with van der Waals surface area (Å²) in [5, 5.41) is 0.151. The summed E-state index contributed by atoms with van der Waals surface area (Å²) in [5.41, 5.74) is 2.59. The number of benzene rings is 2. The summed E-state index contributed by atoms with van der Waals surface area (Å²) in [6.45, 7) is 11.5. The van der Waals surface area contributed by atoms with E-state index < -0.39 is 8.32 Å². The van der Waals surface area contributed by atoms with Gasteiger partial charge in [0.2, 0.25) is 8.32 Å². The number of methoxy groups -OCH3 is 1. The molecule has 2 aromatic rings. The van der Waals surface area contributed by atoms with Crippen molar-refractivity contribution >= 4 is 8.32 Å². The van der Waals surface area contributed by atoms with Gasteiger partial charge in [-0.15, -0.1) is 0 Å². The fourth-order valence-corrected chi connectivity index (χ4v) is 4.65. The number of ether oxygens (including phenoxy) is 1. The maximum Gasteiger partial charge on any atom is 0.250 e. The van der Waals surface area contributed by atoms with E-state index in [9.17, 15) is 0 Å². The van der Waals surface area contributed by atoms with Gasteiger partial charge in [-0.05, 0) is 41.4 Å². The van der Waals surface area contributed by atoms with Crippen LogP contribution in [0.15, 0.2) is 84.3 Å². The number of hydrogen-bond donors (Lipinski definition) is 0. The third-order valence-electron chi connectivity index (χ3n) is 6.29. The van der Waals surface area contributed by atoms with E-state index in [4.69, 9.17) is 9.16 Å². The molecule has 0 aliphatic heterocycles. The van der Waals surface area contributed by atoms with Gasteiger partial charge in [-0.2, -0.15) is 0 Å². The van der Waals surface area contributed by atoms with Gasteiger partial charge in [0.15, 0.2) is 0 Å². The van der Waals surface area contributed by atoms with E-state index >= 15 is 0 Å². The van der Waals surface area contributed by atoms with E-state index in [1.165, 1.54) is 11.1 Å². The average Bonchev–Trinajstić information content (AvgIpc) is 2.87. The molecule has 0 unspecified atom stereocenters. The number of rotatable bonds is 5. The third kappa shape index (κ3) is 5.02. The average molecular weight is 407 g/mol. The van der Waals surface area contributed by atoms with Gasteiger partial charge in [-0.25, -0.2) is 0 Å². The molecule has 0 amide bonds. The van der Waals surface area contributed by atoms with Crippen LogP contribution in [-0.2, 0) is 9.16 Å². The quantitative estimate of drug-likeness (QED) is 0.482. The second kappa shape index (κ2) is 8.62. The largest absolute Gasteiger partial charge is 0.546 e. The summed E-state index contributed by atoms with van der Waals surface area (Å²) < 4.78 is 12.6. The predicted octanol–water partition coefficient (Wildman–Crippen LogP) is 7.39. The summed E-state index contributed by atoms with van der Waals surface area (Å²) in [4.78, 5) is 0. The number of allylic oxidation sites excluding steroid dienone is 2. The molecule has 0 spiro atoms. The lowest BCUT2D eigenvalue weighted by atomic mass is 9.81. The summed E-state index contributed by atoms with van der Waals surface area (Å²) in [6.07, 6.45) is 5.33. The van der Waals surface area contributed by atoms with E-state index in [1.807, 2.05) is 0 Å². The first-order valence-corrected chi connectivity index (χ1v) is 13.4. The first-order chi connectivity index (χ1) is 13.7.